The maximum Gasteiger partial charge on any atom is 0.329 e. The second kappa shape index (κ2) is 15.1. The summed E-state index contributed by atoms with van der Waals surface area (Å²) < 4.78 is 45.0. The Bertz CT molecular complexity index is 2610. The van der Waals surface area contributed by atoms with Crippen LogP contribution in [0, 0.1) is 28.4 Å². The van der Waals surface area contributed by atoms with E-state index in [0.717, 1.165) is 45.3 Å². The fraction of sp³-hybridized carbons (Fsp3) is 0.415. The highest BCUT2D eigenvalue weighted by molar-refractivity contribution is 7.98. The van der Waals surface area contributed by atoms with Gasteiger partial charge in [-0.1, -0.05) is 6.92 Å². The molecule has 306 valence electrons. The van der Waals surface area contributed by atoms with Crippen LogP contribution in [0.1, 0.15) is 50.6 Å². The van der Waals surface area contributed by atoms with Crippen molar-refractivity contribution in [2.24, 2.45) is 12.5 Å². The predicted molar refractivity (Wildman–Crippen MR) is 220 cm³/mol. The zero-order chi connectivity index (χ0) is 41.2. The van der Waals surface area contributed by atoms with E-state index >= 15 is 8.78 Å². The summed E-state index contributed by atoms with van der Waals surface area (Å²) >= 11 is 1.28. The molecule has 18 heteroatoms. The Labute approximate surface area is 342 Å². The summed E-state index contributed by atoms with van der Waals surface area (Å²) in [5, 5.41) is 17.6. The van der Waals surface area contributed by atoms with Gasteiger partial charge in [0, 0.05) is 82.3 Å². The number of benzene rings is 3. The number of aromatic nitrogens is 4. The molecule has 2 aromatic heterocycles. The number of nitrogens with zero attached hydrogens (tertiary/aromatic N) is 9. The van der Waals surface area contributed by atoms with Crippen LogP contribution in [0.2, 0.25) is 0 Å². The van der Waals surface area contributed by atoms with Crippen molar-refractivity contribution in [3.63, 3.8) is 0 Å². The number of nitriles is 1. The minimum absolute atomic E-state index is 0.00862. The van der Waals surface area contributed by atoms with E-state index in [4.69, 9.17) is 4.74 Å². The van der Waals surface area contributed by atoms with E-state index in [0.29, 0.717) is 58.1 Å². The number of urea groups is 1. The van der Waals surface area contributed by atoms with Crippen LogP contribution in [-0.4, -0.2) is 92.8 Å². The zero-order valence-electron chi connectivity index (χ0n) is 32.9. The van der Waals surface area contributed by atoms with E-state index in [-0.39, 0.29) is 58.8 Å². The molecule has 1 saturated carbocycles. The highest BCUT2D eigenvalue weighted by Crippen LogP contribution is 2.55. The summed E-state index contributed by atoms with van der Waals surface area (Å²) in [5.74, 6) is -1.07. The molecule has 0 unspecified atom stereocenters. The molecular formula is C41H43F2N11O4S. The smallest absolute Gasteiger partial charge is 0.329 e. The van der Waals surface area contributed by atoms with Crippen LogP contribution in [0.25, 0.3) is 21.8 Å². The summed E-state index contributed by atoms with van der Waals surface area (Å²) in [6.45, 7) is 6.22. The lowest BCUT2D eigenvalue weighted by Gasteiger charge is -2.61. The number of hydrogen-bond donors (Lipinski definition) is 2. The third-order valence-corrected chi connectivity index (χ3v) is 13.2. The second-order valence-electron chi connectivity index (χ2n) is 16.0. The SMILES string of the molecule is CCN(C)SNc1ccc(F)c(Oc2ccc3ncn(C4CC5(C4)CN(C4CCN(c6cc7c(cc6F)c(N6CCC(=O)NC6=O)nn7C)CC4)C5)c(=O)c3c2)c1C#N. The molecule has 0 radical (unpaired) electrons. The number of hydrogen-bond acceptors (Lipinski definition) is 12. The standard InChI is InChI=1S/C41H43F2N11O4S/c1-4-49(2)59-48-33-8-6-30(42)37(29(33)20-44)58-26-5-7-32-27(15-26)39(56)54(23-45-32)25-18-41(19-25)21-52(22-41)24-9-12-51(13-10-24)35-17-34-28(16-31(35)43)38(47-50(34)3)53-14-11-36(55)46-40(53)57/h5-8,15-17,23-25,48H,4,9-14,18-19,21-22H2,1-3H3,(H,46,55,57). The number of halogens is 2. The van der Waals surface area contributed by atoms with Gasteiger partial charge in [-0.15, -0.1) is 0 Å². The normalized spacial score (nSPS) is 18.7. The van der Waals surface area contributed by atoms with Crippen LogP contribution in [0.4, 0.5) is 30.8 Å². The van der Waals surface area contributed by atoms with Gasteiger partial charge in [0.25, 0.3) is 5.56 Å². The highest BCUT2D eigenvalue weighted by Gasteiger charge is 2.54. The average Bonchev–Trinajstić information content (AvgIpc) is 3.51. The summed E-state index contributed by atoms with van der Waals surface area (Å²) in [6.07, 6.45) is 5.27. The predicted octanol–water partition coefficient (Wildman–Crippen LogP) is 5.90. The van der Waals surface area contributed by atoms with E-state index in [1.165, 1.54) is 35.2 Å². The minimum Gasteiger partial charge on any atom is -0.453 e. The fourth-order valence-electron chi connectivity index (χ4n) is 9.00. The first kappa shape index (κ1) is 38.7. The number of piperidine rings is 1. The van der Waals surface area contributed by atoms with Crippen molar-refractivity contribution < 1.29 is 23.1 Å². The lowest BCUT2D eigenvalue weighted by Crippen LogP contribution is -2.66. The molecule has 3 aliphatic heterocycles. The van der Waals surface area contributed by atoms with Crippen molar-refractivity contribution in [1.82, 2.24) is 33.9 Å². The van der Waals surface area contributed by atoms with Gasteiger partial charge in [0.05, 0.1) is 34.1 Å². The molecule has 3 aromatic carbocycles. The van der Waals surface area contributed by atoms with Crippen molar-refractivity contribution in [1.29, 1.82) is 5.26 Å². The number of carbonyl (C=O) groups is 2. The van der Waals surface area contributed by atoms with Gasteiger partial charge in [-0.05, 0) is 80.6 Å². The number of ether oxygens (including phenoxy) is 1. The van der Waals surface area contributed by atoms with Crippen molar-refractivity contribution in [2.45, 2.75) is 51.1 Å². The molecule has 4 aliphatic rings. The number of fused-ring (bicyclic) bond motifs is 2. The monoisotopic (exact) mass is 823 g/mol. The third-order valence-electron chi connectivity index (χ3n) is 12.3. The molecule has 15 nitrogen and oxygen atoms in total. The second-order valence-corrected chi connectivity index (χ2v) is 17.0. The summed E-state index contributed by atoms with van der Waals surface area (Å²) in [5.41, 5.74) is 2.09. The maximum atomic E-state index is 15.7. The molecule has 3 saturated heterocycles. The molecule has 9 rings (SSSR count). The summed E-state index contributed by atoms with van der Waals surface area (Å²) in [4.78, 5) is 48.5. The van der Waals surface area contributed by atoms with Gasteiger partial charge < -0.3 is 14.4 Å². The van der Waals surface area contributed by atoms with E-state index in [2.05, 4.69) is 29.9 Å². The van der Waals surface area contributed by atoms with Crippen molar-refractivity contribution in [2.75, 3.05) is 60.8 Å². The number of amides is 3. The van der Waals surface area contributed by atoms with Crippen LogP contribution < -0.4 is 30.1 Å². The van der Waals surface area contributed by atoms with Gasteiger partial charge in [-0.2, -0.15) is 10.4 Å². The van der Waals surface area contributed by atoms with E-state index in [1.54, 1.807) is 46.9 Å². The lowest BCUT2D eigenvalue weighted by atomic mass is 9.60. The van der Waals surface area contributed by atoms with Gasteiger partial charge in [0.15, 0.2) is 17.4 Å². The molecular weight excluding hydrogens is 781 g/mol. The maximum absolute atomic E-state index is 15.7. The minimum atomic E-state index is -0.692. The highest BCUT2D eigenvalue weighted by atomic mass is 32.2. The van der Waals surface area contributed by atoms with E-state index < -0.39 is 11.8 Å². The number of carbonyl (C=O) groups excluding carboxylic acids is 2. The Kier molecular flexibility index (Phi) is 9.92. The van der Waals surface area contributed by atoms with Crippen molar-refractivity contribution in [3.05, 3.63) is 76.3 Å². The van der Waals surface area contributed by atoms with Crippen molar-refractivity contribution in [3.8, 4) is 17.6 Å². The fourth-order valence-corrected chi connectivity index (χ4v) is 9.55. The quantitative estimate of drug-likeness (QED) is 0.161. The van der Waals surface area contributed by atoms with Crippen LogP contribution in [0.15, 0.2) is 53.6 Å². The molecule has 5 aromatic rings. The zero-order valence-corrected chi connectivity index (χ0v) is 33.7. The van der Waals surface area contributed by atoms with Gasteiger partial charge in [0.2, 0.25) is 5.91 Å². The van der Waals surface area contributed by atoms with E-state index in [1.807, 2.05) is 24.3 Å². The van der Waals surface area contributed by atoms with E-state index in [9.17, 15) is 19.6 Å². The first-order chi connectivity index (χ1) is 28.4. The van der Waals surface area contributed by atoms with Crippen LogP contribution in [0.3, 0.4) is 0 Å². The molecule has 1 aliphatic carbocycles. The lowest BCUT2D eigenvalue weighted by molar-refractivity contribution is -0.120. The Hall–Kier alpha value is -5.77. The first-order valence-electron chi connectivity index (χ1n) is 19.8. The molecule has 59 heavy (non-hydrogen) atoms. The Balaban J connectivity index is 0.820. The summed E-state index contributed by atoms with van der Waals surface area (Å²) in [7, 11) is 3.65. The van der Waals surface area contributed by atoms with Crippen molar-refractivity contribution >= 4 is 63.1 Å². The van der Waals surface area contributed by atoms with Gasteiger partial charge in [-0.25, -0.2) is 22.9 Å². The van der Waals surface area contributed by atoms with Crippen LogP contribution in [0.5, 0.6) is 11.5 Å². The largest absolute Gasteiger partial charge is 0.453 e. The molecule has 1 spiro atoms. The van der Waals surface area contributed by atoms with Crippen LogP contribution >= 0.6 is 12.1 Å². The Morgan fingerprint density at radius 1 is 1.03 bits per heavy atom. The molecule has 3 amide bonds. The van der Waals surface area contributed by atoms with Gasteiger partial charge in [0.1, 0.15) is 23.2 Å². The third kappa shape index (κ3) is 7.00. The van der Waals surface area contributed by atoms with Crippen LogP contribution in [-0.2, 0) is 11.8 Å². The first-order valence-corrected chi connectivity index (χ1v) is 20.5. The number of imide groups is 1. The molecule has 2 N–H and O–H groups in total. The molecule has 4 fully saturated rings. The summed E-state index contributed by atoms with van der Waals surface area (Å²) in [6, 6.07) is 12.7. The van der Waals surface area contributed by atoms with Gasteiger partial charge >= 0.3 is 6.03 Å². The topological polar surface area (TPSA) is 157 Å². The Morgan fingerprint density at radius 2 is 1.81 bits per heavy atom. The number of likely N-dealkylation sites (tertiary alicyclic amines) is 1. The van der Waals surface area contributed by atoms with Gasteiger partial charge in [-0.3, -0.25) is 34.0 Å². The Morgan fingerprint density at radius 3 is 2.54 bits per heavy atom. The number of anilines is 3. The number of aryl methyl sites for hydroxylation is 1. The average molecular weight is 824 g/mol. The molecule has 0 atom stereocenters. The number of nitrogens with one attached hydrogen (secondary N) is 2. The number of rotatable bonds is 10. The molecule has 0 bridgehead atoms. The molecule has 5 heterocycles.